The highest BCUT2D eigenvalue weighted by atomic mass is 16.5. The highest BCUT2D eigenvalue weighted by molar-refractivity contribution is 6.07. The number of nitrogens with one attached hydrogen (secondary N) is 1. The molecular weight excluding hydrogens is 474 g/mol. The molecule has 0 bridgehead atoms. The van der Waals surface area contributed by atoms with Gasteiger partial charge in [-0.25, -0.2) is 14.8 Å². The monoisotopic (exact) mass is 501 g/mol. The lowest BCUT2D eigenvalue weighted by Crippen LogP contribution is -2.34. The molecule has 0 saturated heterocycles. The molecule has 0 unspecified atom stereocenters. The number of carbonyl (C=O) groups is 3. The van der Waals surface area contributed by atoms with Crippen LogP contribution in [-0.2, 0) is 23.1 Å². The van der Waals surface area contributed by atoms with Gasteiger partial charge in [0.25, 0.3) is 5.91 Å². The van der Waals surface area contributed by atoms with Gasteiger partial charge in [0, 0.05) is 31.0 Å². The fraction of sp³-hybridized carbons (Fsp3) is 0.222. The van der Waals surface area contributed by atoms with Gasteiger partial charge in [0.15, 0.2) is 0 Å². The van der Waals surface area contributed by atoms with Crippen LogP contribution < -0.4 is 10.2 Å². The molecule has 10 heteroatoms. The minimum atomic E-state index is -0.977. The Kier molecular flexibility index (Phi) is 7.77. The van der Waals surface area contributed by atoms with E-state index in [9.17, 15) is 14.4 Å². The molecule has 2 N–H and O–H groups in total. The van der Waals surface area contributed by atoms with Crippen LogP contribution in [0, 0.1) is 0 Å². The van der Waals surface area contributed by atoms with Crippen LogP contribution in [0.15, 0.2) is 66.9 Å². The van der Waals surface area contributed by atoms with Gasteiger partial charge in [-0.3, -0.25) is 14.5 Å². The number of rotatable bonds is 10. The number of nitrogens with zero attached hydrogens (tertiary/aromatic N) is 4. The highest BCUT2D eigenvalue weighted by Gasteiger charge is 2.21. The van der Waals surface area contributed by atoms with E-state index in [-0.39, 0.29) is 37.0 Å². The topological polar surface area (TPSA) is 127 Å². The van der Waals surface area contributed by atoms with E-state index in [1.165, 1.54) is 17.0 Å². The van der Waals surface area contributed by atoms with Crippen molar-refractivity contribution >= 4 is 40.4 Å². The predicted molar refractivity (Wildman–Crippen MR) is 139 cm³/mol. The number of aromatic nitrogens is 3. The first-order chi connectivity index (χ1) is 17.9. The fourth-order valence-electron chi connectivity index (χ4n) is 3.88. The summed E-state index contributed by atoms with van der Waals surface area (Å²) >= 11 is 0. The van der Waals surface area contributed by atoms with Gasteiger partial charge in [0.2, 0.25) is 0 Å². The van der Waals surface area contributed by atoms with Gasteiger partial charge >= 0.3 is 11.9 Å². The Balaban J connectivity index is 1.54. The van der Waals surface area contributed by atoms with E-state index in [1.807, 2.05) is 17.7 Å². The Bertz CT molecular complexity index is 1420. The van der Waals surface area contributed by atoms with Gasteiger partial charge in [-0.2, -0.15) is 0 Å². The summed E-state index contributed by atoms with van der Waals surface area (Å²) in [4.78, 5) is 46.9. The lowest BCUT2D eigenvalue weighted by molar-refractivity contribution is -0.142. The second-order valence-electron chi connectivity index (χ2n) is 8.23. The van der Waals surface area contributed by atoms with Gasteiger partial charge in [0.05, 0.1) is 36.2 Å². The molecule has 4 rings (SSSR count). The molecule has 1 amide bonds. The van der Waals surface area contributed by atoms with Crippen molar-refractivity contribution in [3.63, 3.8) is 0 Å². The number of aromatic carboxylic acids is 1. The molecule has 0 atom stereocenters. The lowest BCUT2D eigenvalue weighted by Gasteiger charge is -2.21. The third kappa shape index (κ3) is 5.92. The Hall–Kier alpha value is -4.73. The van der Waals surface area contributed by atoms with Crippen molar-refractivity contribution in [3.05, 3.63) is 83.8 Å². The van der Waals surface area contributed by atoms with Gasteiger partial charge in [0.1, 0.15) is 11.6 Å². The largest absolute Gasteiger partial charge is 0.478 e. The van der Waals surface area contributed by atoms with Crippen molar-refractivity contribution in [3.8, 4) is 0 Å². The van der Waals surface area contributed by atoms with E-state index in [2.05, 4.69) is 10.3 Å². The molecule has 0 saturated carbocycles. The summed E-state index contributed by atoms with van der Waals surface area (Å²) in [6.07, 6.45) is 1.64. The molecule has 2 aromatic carbocycles. The van der Waals surface area contributed by atoms with Crippen LogP contribution in [0.1, 0.15) is 39.9 Å². The first kappa shape index (κ1) is 25.4. The Morgan fingerprint density at radius 2 is 1.81 bits per heavy atom. The molecule has 0 fully saturated rings. The summed E-state index contributed by atoms with van der Waals surface area (Å²) in [5.74, 6) is -0.475. The van der Waals surface area contributed by atoms with E-state index >= 15 is 0 Å². The molecule has 37 heavy (non-hydrogen) atoms. The number of carbonyl (C=O) groups excluding carboxylic acids is 2. The van der Waals surface area contributed by atoms with Crippen molar-refractivity contribution in [1.82, 2.24) is 14.5 Å². The van der Waals surface area contributed by atoms with Crippen molar-refractivity contribution < 1.29 is 24.2 Å². The molecule has 2 aromatic heterocycles. The second-order valence-corrected chi connectivity index (χ2v) is 8.23. The fourth-order valence-corrected chi connectivity index (χ4v) is 3.88. The van der Waals surface area contributed by atoms with Gasteiger partial charge in [-0.1, -0.05) is 6.07 Å². The number of hydrogen-bond donors (Lipinski definition) is 2. The van der Waals surface area contributed by atoms with Crippen LogP contribution in [0.5, 0.6) is 0 Å². The number of ether oxygens (including phenoxy) is 1. The zero-order chi connectivity index (χ0) is 26.4. The molecular formula is C27H27N5O5. The number of anilines is 2. The average molecular weight is 502 g/mol. The number of carboxylic acids is 1. The maximum Gasteiger partial charge on any atom is 0.335 e. The van der Waals surface area contributed by atoms with E-state index in [0.717, 1.165) is 17.0 Å². The highest BCUT2D eigenvalue weighted by Crippen LogP contribution is 2.21. The number of aryl methyl sites for hydroxylation is 1. The number of imidazole rings is 1. The number of pyridine rings is 1. The maximum atomic E-state index is 13.5. The molecule has 0 aliphatic carbocycles. The summed E-state index contributed by atoms with van der Waals surface area (Å²) < 4.78 is 6.95. The maximum absolute atomic E-state index is 13.5. The van der Waals surface area contributed by atoms with Gasteiger partial charge < -0.3 is 19.7 Å². The molecule has 2 heterocycles. The smallest absolute Gasteiger partial charge is 0.335 e. The predicted octanol–water partition coefficient (Wildman–Crippen LogP) is 3.88. The molecule has 0 spiro atoms. The lowest BCUT2D eigenvalue weighted by atomic mass is 10.1. The summed E-state index contributed by atoms with van der Waals surface area (Å²) in [7, 11) is 1.89. The SMILES string of the molecule is CCOC(=O)CCN(C(=O)c1ccc2c(c1)nc(CNc1ccc(C(=O)O)cc1)n2C)c1ccccn1. The first-order valence-corrected chi connectivity index (χ1v) is 11.8. The number of fused-ring (bicyclic) bond motifs is 1. The van der Waals surface area contributed by atoms with Crippen LogP contribution >= 0.6 is 0 Å². The van der Waals surface area contributed by atoms with Crippen LogP contribution in [0.3, 0.4) is 0 Å². The average Bonchev–Trinajstić information content (AvgIpc) is 3.23. The minimum absolute atomic E-state index is 0.0469. The Morgan fingerprint density at radius 3 is 2.49 bits per heavy atom. The van der Waals surface area contributed by atoms with E-state index in [4.69, 9.17) is 14.8 Å². The first-order valence-electron chi connectivity index (χ1n) is 11.8. The number of hydrogen-bond acceptors (Lipinski definition) is 7. The van der Waals surface area contributed by atoms with Crippen LogP contribution in [0.25, 0.3) is 11.0 Å². The summed E-state index contributed by atoms with van der Waals surface area (Å²) in [5.41, 5.74) is 2.90. The summed E-state index contributed by atoms with van der Waals surface area (Å²) in [6, 6.07) is 17.0. The van der Waals surface area contributed by atoms with E-state index in [1.54, 1.807) is 55.6 Å². The van der Waals surface area contributed by atoms with Crippen LogP contribution in [0.2, 0.25) is 0 Å². The number of amides is 1. The van der Waals surface area contributed by atoms with Crippen LogP contribution in [-0.4, -0.2) is 50.6 Å². The van der Waals surface area contributed by atoms with Gasteiger partial charge in [-0.05, 0) is 61.5 Å². The molecule has 0 radical (unpaired) electrons. The quantitative estimate of drug-likeness (QED) is 0.314. The molecule has 0 aliphatic rings. The molecule has 10 nitrogen and oxygen atoms in total. The number of carboxylic acid groups (broad SMARTS) is 1. The molecule has 190 valence electrons. The van der Waals surface area contributed by atoms with Crippen molar-refractivity contribution in [2.45, 2.75) is 19.9 Å². The van der Waals surface area contributed by atoms with Crippen molar-refractivity contribution in [2.75, 3.05) is 23.4 Å². The second kappa shape index (κ2) is 11.3. The molecule has 0 aliphatic heterocycles. The zero-order valence-electron chi connectivity index (χ0n) is 20.5. The third-order valence-electron chi connectivity index (χ3n) is 5.82. The zero-order valence-corrected chi connectivity index (χ0v) is 20.5. The summed E-state index contributed by atoms with van der Waals surface area (Å²) in [5, 5.41) is 12.3. The third-order valence-corrected chi connectivity index (χ3v) is 5.82. The number of esters is 1. The normalized spacial score (nSPS) is 10.8. The Morgan fingerprint density at radius 1 is 1.05 bits per heavy atom. The number of benzene rings is 2. The van der Waals surface area contributed by atoms with E-state index in [0.29, 0.717) is 23.4 Å². The Labute approximate surface area is 213 Å². The molecule has 4 aromatic rings. The standard InChI is InChI=1S/C27H27N5O5/c1-3-37-25(33)13-15-32(23-6-4-5-14-28-23)26(34)19-9-12-22-21(16-19)30-24(31(22)2)17-29-20-10-7-18(8-11-20)27(35)36/h4-12,14,16,29H,3,13,15,17H2,1-2H3,(H,35,36). The van der Waals surface area contributed by atoms with Crippen molar-refractivity contribution in [1.29, 1.82) is 0 Å². The van der Waals surface area contributed by atoms with Gasteiger partial charge in [-0.15, -0.1) is 0 Å². The van der Waals surface area contributed by atoms with Crippen molar-refractivity contribution in [2.24, 2.45) is 7.05 Å². The van der Waals surface area contributed by atoms with E-state index < -0.39 is 5.97 Å². The minimum Gasteiger partial charge on any atom is -0.478 e. The summed E-state index contributed by atoms with van der Waals surface area (Å²) in [6.45, 7) is 2.54. The van der Waals surface area contributed by atoms with Crippen LogP contribution in [0.4, 0.5) is 11.5 Å².